The van der Waals surface area contributed by atoms with E-state index in [0.29, 0.717) is 15.9 Å². The first-order chi connectivity index (χ1) is 9.22. The third kappa shape index (κ3) is 1.81. The van der Waals surface area contributed by atoms with Crippen LogP contribution < -0.4 is 10.4 Å². The molecule has 96 valence electrons. The molecule has 0 aliphatic rings. The molecule has 0 aliphatic carbocycles. The van der Waals surface area contributed by atoms with Crippen LogP contribution in [0, 0.1) is 0 Å². The number of halogens is 1. The highest BCUT2D eigenvalue weighted by Gasteiger charge is 2.15. The monoisotopic (exact) mass is 274 g/mol. The predicted octanol–water partition coefficient (Wildman–Crippen LogP) is 2.50. The van der Waals surface area contributed by atoms with Crippen molar-refractivity contribution in [1.29, 1.82) is 0 Å². The van der Waals surface area contributed by atoms with Gasteiger partial charge in [0.25, 0.3) is 0 Å². The molecule has 5 heteroatoms. The largest absolute Gasteiger partial charge is 0.398 e. The van der Waals surface area contributed by atoms with Crippen molar-refractivity contribution in [2.45, 2.75) is 0 Å². The number of para-hydroxylation sites is 1. The molecule has 0 atom stereocenters. The summed E-state index contributed by atoms with van der Waals surface area (Å²) in [6, 6.07) is 14.7. The Kier molecular flexibility index (Phi) is 2.80. The second kappa shape index (κ2) is 4.48. The number of nitrogens with zero attached hydrogens (tertiary/aromatic N) is 2. The van der Waals surface area contributed by atoms with Gasteiger partial charge in [-0.1, -0.05) is 34.6 Å². The number of fused-ring (bicyclic) bond motifs is 1. The normalized spacial score (nSPS) is 10.8. The molecule has 2 aromatic carbocycles. The van der Waals surface area contributed by atoms with E-state index in [4.69, 9.17) is 16.4 Å². The summed E-state index contributed by atoms with van der Waals surface area (Å²) in [6.45, 7) is 0. The molecule has 0 spiro atoms. The van der Waals surface area contributed by atoms with Gasteiger partial charge in [-0.15, -0.1) is 0 Å². The highest BCUT2D eigenvalue weighted by molar-refractivity contribution is 6.31. The lowest BCUT2D eigenvalue weighted by Crippen LogP contribution is -2.27. The number of benzene rings is 2. The van der Waals surface area contributed by atoms with Crippen molar-refractivity contribution >= 4 is 22.5 Å². The Morgan fingerprint density at radius 1 is 1.11 bits per heavy atom. The summed E-state index contributed by atoms with van der Waals surface area (Å²) >= 11 is 6.02. The van der Waals surface area contributed by atoms with Crippen LogP contribution in [-0.4, -0.2) is 16.6 Å². The summed E-state index contributed by atoms with van der Waals surface area (Å²) < 4.78 is 1.70. The number of rotatable bonds is 2. The molecule has 19 heavy (non-hydrogen) atoms. The van der Waals surface area contributed by atoms with E-state index in [1.165, 1.54) is 12.0 Å². The zero-order valence-electron chi connectivity index (χ0n) is 10.2. The van der Waals surface area contributed by atoms with Crippen molar-refractivity contribution in [1.82, 2.24) is 9.53 Å². The van der Waals surface area contributed by atoms with E-state index >= 15 is 0 Å². The average molecular weight is 275 g/mol. The molecule has 1 aromatic heterocycles. The number of aromatic nitrogens is 2. The Morgan fingerprint density at radius 2 is 1.84 bits per heavy atom. The van der Waals surface area contributed by atoms with E-state index in [9.17, 15) is 4.79 Å². The third-order valence-electron chi connectivity index (χ3n) is 2.95. The van der Waals surface area contributed by atoms with E-state index in [-0.39, 0.29) is 5.56 Å². The van der Waals surface area contributed by atoms with Gasteiger partial charge in [0, 0.05) is 5.02 Å². The van der Waals surface area contributed by atoms with Crippen molar-refractivity contribution in [3.63, 3.8) is 0 Å². The molecule has 0 radical (unpaired) electrons. The van der Waals surface area contributed by atoms with E-state index < -0.39 is 0 Å². The van der Waals surface area contributed by atoms with Crippen LogP contribution in [0.1, 0.15) is 0 Å². The van der Waals surface area contributed by atoms with Gasteiger partial charge in [-0.3, -0.25) is 4.79 Å². The third-order valence-corrected chi connectivity index (χ3v) is 3.18. The highest BCUT2D eigenvalue weighted by atomic mass is 35.5. The Hall–Kier alpha value is -2.20. The maximum atomic E-state index is 12.2. The summed E-state index contributed by atoms with van der Waals surface area (Å²) in [4.78, 5) is 18.6. The first-order valence-electron chi connectivity index (χ1n) is 5.75. The van der Waals surface area contributed by atoms with Gasteiger partial charge in [-0.25, -0.2) is 4.68 Å². The predicted molar refractivity (Wildman–Crippen MR) is 75.0 cm³/mol. The van der Waals surface area contributed by atoms with Crippen LogP contribution in [0.3, 0.4) is 0 Å². The van der Waals surface area contributed by atoms with Crippen LogP contribution in [0.5, 0.6) is 0 Å². The van der Waals surface area contributed by atoms with Crippen molar-refractivity contribution in [2.24, 2.45) is 0 Å². The molecule has 0 fully saturated rings. The molecule has 0 amide bonds. The standard InChI is InChI=1S/C14H11ClN2O2/c1-19-17-14(18)12-8-7-10(15)9-13(12)16(17)11-5-3-2-4-6-11/h2-9H,1H3. The highest BCUT2D eigenvalue weighted by Crippen LogP contribution is 2.20. The summed E-state index contributed by atoms with van der Waals surface area (Å²) in [7, 11) is 1.46. The van der Waals surface area contributed by atoms with Gasteiger partial charge in [-0.2, -0.15) is 0 Å². The Morgan fingerprint density at radius 3 is 2.53 bits per heavy atom. The van der Waals surface area contributed by atoms with Crippen LogP contribution >= 0.6 is 11.6 Å². The minimum atomic E-state index is -0.210. The maximum Gasteiger partial charge on any atom is 0.310 e. The minimum absolute atomic E-state index is 0.210. The topological polar surface area (TPSA) is 36.2 Å². The quantitative estimate of drug-likeness (QED) is 0.720. The molecule has 1 heterocycles. The maximum absolute atomic E-state index is 12.2. The fraction of sp³-hybridized carbons (Fsp3) is 0.0714. The molecule has 0 saturated carbocycles. The van der Waals surface area contributed by atoms with Crippen LogP contribution in [0.15, 0.2) is 53.3 Å². The van der Waals surface area contributed by atoms with Gasteiger partial charge in [0.2, 0.25) is 0 Å². The van der Waals surface area contributed by atoms with Crippen molar-refractivity contribution in [3.05, 3.63) is 63.9 Å². The van der Waals surface area contributed by atoms with Gasteiger partial charge in [0.1, 0.15) is 7.11 Å². The second-order valence-corrected chi connectivity index (χ2v) is 4.51. The smallest absolute Gasteiger partial charge is 0.310 e. The van der Waals surface area contributed by atoms with Gasteiger partial charge in [0.15, 0.2) is 0 Å². The minimum Gasteiger partial charge on any atom is -0.398 e. The molecule has 0 aliphatic heterocycles. The number of hydrogen-bond acceptors (Lipinski definition) is 2. The lowest BCUT2D eigenvalue weighted by molar-refractivity contribution is 0.111. The Bertz CT molecular complexity index is 790. The van der Waals surface area contributed by atoms with E-state index in [1.54, 1.807) is 22.9 Å². The van der Waals surface area contributed by atoms with Gasteiger partial charge < -0.3 is 4.84 Å². The summed E-state index contributed by atoms with van der Waals surface area (Å²) in [5, 5.41) is 1.14. The average Bonchev–Trinajstić information content (AvgIpc) is 2.71. The Labute approximate surface area is 114 Å². The van der Waals surface area contributed by atoms with E-state index in [2.05, 4.69) is 0 Å². The Balaban J connectivity index is 2.46. The van der Waals surface area contributed by atoms with E-state index in [1.807, 2.05) is 30.3 Å². The fourth-order valence-corrected chi connectivity index (χ4v) is 2.30. The summed E-state index contributed by atoms with van der Waals surface area (Å²) in [6.07, 6.45) is 0. The summed E-state index contributed by atoms with van der Waals surface area (Å²) in [5.74, 6) is 0. The van der Waals surface area contributed by atoms with Crippen molar-refractivity contribution < 1.29 is 4.84 Å². The lowest BCUT2D eigenvalue weighted by Gasteiger charge is -2.10. The van der Waals surface area contributed by atoms with Gasteiger partial charge in [-0.05, 0) is 30.3 Å². The SMILES string of the molecule is COn1c(=O)c2ccc(Cl)cc2n1-c1ccccc1. The van der Waals surface area contributed by atoms with Crippen molar-refractivity contribution in [3.8, 4) is 5.69 Å². The molecule has 0 N–H and O–H groups in total. The van der Waals surface area contributed by atoms with Crippen LogP contribution in [-0.2, 0) is 0 Å². The molecule has 3 rings (SSSR count). The molecule has 4 nitrogen and oxygen atoms in total. The zero-order chi connectivity index (χ0) is 13.4. The van der Waals surface area contributed by atoms with Gasteiger partial charge >= 0.3 is 5.56 Å². The first-order valence-corrected chi connectivity index (χ1v) is 6.13. The lowest BCUT2D eigenvalue weighted by atomic mass is 10.2. The number of hydrogen-bond donors (Lipinski definition) is 0. The van der Waals surface area contributed by atoms with Crippen LogP contribution in [0.25, 0.3) is 16.6 Å². The molecule has 3 aromatic rings. The molecule has 0 saturated heterocycles. The van der Waals surface area contributed by atoms with Crippen molar-refractivity contribution in [2.75, 3.05) is 7.11 Å². The van der Waals surface area contributed by atoms with E-state index in [0.717, 1.165) is 5.69 Å². The summed E-state index contributed by atoms with van der Waals surface area (Å²) in [5.41, 5.74) is 1.34. The molecular formula is C14H11ClN2O2. The molecular weight excluding hydrogens is 264 g/mol. The first kappa shape index (κ1) is 11.9. The molecule has 0 unspecified atom stereocenters. The second-order valence-electron chi connectivity index (χ2n) is 4.07. The zero-order valence-corrected chi connectivity index (χ0v) is 11.0. The van der Waals surface area contributed by atoms with Gasteiger partial charge in [0.05, 0.1) is 16.6 Å². The van der Waals surface area contributed by atoms with Crippen LogP contribution in [0.4, 0.5) is 0 Å². The fourth-order valence-electron chi connectivity index (χ4n) is 2.13. The van der Waals surface area contributed by atoms with Crippen LogP contribution in [0.2, 0.25) is 5.02 Å². The molecule has 0 bridgehead atoms.